The number of carboxylic acids is 1. The van der Waals surface area contributed by atoms with E-state index in [4.69, 9.17) is 0 Å². The molecule has 91 heavy (non-hydrogen) atoms. The molecule has 0 saturated carbocycles. The highest BCUT2D eigenvalue weighted by molar-refractivity contribution is 5.98. The molecule has 25 heteroatoms. The molecule has 0 bridgehead atoms. The molecule has 1 unspecified atom stereocenters. The van der Waals surface area contributed by atoms with Gasteiger partial charge in [0.2, 0.25) is 53.3 Å². The number of nitrogens with zero attached hydrogens (tertiary/aromatic N) is 5. The highest BCUT2D eigenvalue weighted by atomic mass is 16.4. The minimum Gasteiger partial charge on any atom is -0.480 e. The van der Waals surface area contributed by atoms with E-state index in [-0.39, 0.29) is 67.2 Å². The van der Waals surface area contributed by atoms with Gasteiger partial charge in [0.25, 0.3) is 5.91 Å². The zero-order chi connectivity index (χ0) is 71.0. The molecule has 0 aliphatic carbocycles. The van der Waals surface area contributed by atoms with Crippen molar-refractivity contribution >= 4 is 65.0 Å². The topological polar surface area (TPSA) is 334 Å². The number of amides is 10. The van der Waals surface area contributed by atoms with Crippen LogP contribution in [0.15, 0.2) is 12.2 Å². The van der Waals surface area contributed by atoms with Crippen molar-refractivity contribution in [1.82, 2.24) is 51.5 Å². The highest BCUT2D eigenvalue weighted by Gasteiger charge is 2.55. The summed E-state index contributed by atoms with van der Waals surface area (Å²) < 4.78 is -0.772. The van der Waals surface area contributed by atoms with Crippen LogP contribution in [0.5, 0.6) is 0 Å². The fourth-order valence-corrected chi connectivity index (χ4v) is 11.5. The van der Waals surface area contributed by atoms with E-state index >= 15 is 4.79 Å². The smallest absolute Gasteiger partial charge is 0.337 e. The predicted octanol–water partition coefficient (Wildman–Crippen LogP) is 3.29. The van der Waals surface area contributed by atoms with Gasteiger partial charge in [0.1, 0.15) is 48.4 Å². The van der Waals surface area contributed by atoms with Crippen molar-refractivity contribution in [1.29, 1.82) is 0 Å². The third kappa shape index (κ3) is 26.5. The summed E-state index contributed by atoms with van der Waals surface area (Å²) in [6, 6.07) is -11.9. The fraction of sp³-hybridized carbons (Fsp3) is 0.803. The third-order valence-electron chi connectivity index (χ3n) is 16.5. The van der Waals surface area contributed by atoms with Crippen LogP contribution in [0.2, 0.25) is 0 Å². The number of hydrogen-bond acceptors (Lipinski definition) is 14. The molecule has 25 nitrogen and oxygen atoms in total. The van der Waals surface area contributed by atoms with E-state index in [9.17, 15) is 63.3 Å². The van der Waals surface area contributed by atoms with Crippen molar-refractivity contribution in [2.45, 2.75) is 243 Å². The highest BCUT2D eigenvalue weighted by Crippen LogP contribution is 2.29. The van der Waals surface area contributed by atoms with Gasteiger partial charge in [-0.15, -0.1) is 0 Å². The first-order chi connectivity index (χ1) is 41.9. The number of carbonyl (C=O) groups is 11. The molecule has 0 aromatic carbocycles. The Kier molecular flexibility index (Phi) is 36.9. The van der Waals surface area contributed by atoms with Crippen molar-refractivity contribution in [3.05, 3.63) is 12.2 Å². The van der Waals surface area contributed by atoms with E-state index in [0.717, 1.165) is 9.80 Å². The number of carbonyl (C=O) groups excluding carboxylic acids is 10. The molecule has 0 aliphatic heterocycles. The van der Waals surface area contributed by atoms with Gasteiger partial charge in [0, 0.05) is 34.1 Å². The van der Waals surface area contributed by atoms with Gasteiger partial charge in [0.15, 0.2) is 6.04 Å². The number of hydrogen-bond donors (Lipinski definition) is 9. The van der Waals surface area contributed by atoms with Crippen LogP contribution >= 0.6 is 0 Å². The first-order valence-corrected chi connectivity index (χ1v) is 32.7. The van der Waals surface area contributed by atoms with Gasteiger partial charge in [-0.3, -0.25) is 43.2 Å². The average Bonchev–Trinajstić information content (AvgIpc) is 0.771. The third-order valence-corrected chi connectivity index (χ3v) is 16.5. The lowest BCUT2D eigenvalue weighted by molar-refractivity contribution is -0.859. The molecule has 0 heterocycles. The van der Waals surface area contributed by atoms with E-state index in [1.165, 1.54) is 58.8 Å². The summed E-state index contributed by atoms with van der Waals surface area (Å²) in [6.45, 7) is 32.9. The molecule has 0 rings (SSSR count). The Morgan fingerprint density at radius 3 is 1.32 bits per heavy atom. The summed E-state index contributed by atoms with van der Waals surface area (Å²) in [7, 11) is 8.97. The summed E-state index contributed by atoms with van der Waals surface area (Å²) in [5, 5.41) is 48.6. The first kappa shape index (κ1) is 85.0. The normalized spacial score (nSPS) is 16.9. The van der Waals surface area contributed by atoms with Crippen molar-refractivity contribution in [2.75, 3.05) is 55.4 Å². The minimum atomic E-state index is -1.78. The van der Waals surface area contributed by atoms with Crippen molar-refractivity contribution in [3.8, 4) is 0 Å². The van der Waals surface area contributed by atoms with Crippen molar-refractivity contribution < 1.29 is 72.5 Å². The summed E-state index contributed by atoms with van der Waals surface area (Å²) >= 11 is 0. The SMILES string of the molecule is C/C=C/C[C@@H](C)[C@@H](O)[C@@H](C(=O)N[C@H](C(=O)O)[C@@H](C)O)[N+](C)(CC(C)C)C(=O)[C@H](C(C)C)N(C)C(=O)CNC(=O)[C@H](CC(C)C)N(C)C(=O)[C@@H](C)NC(=O)[C@H](C)NC(=O)[C@H](CC(C)C)N(C)C(=O)[C@H](CC(C)C)NC(=O)[C@H](CC(C)C)N(C)C(=O)[C@@H](CC(C)C)NC. The fourth-order valence-electron chi connectivity index (χ4n) is 11.5. The Morgan fingerprint density at radius 1 is 0.495 bits per heavy atom. The second-order valence-electron chi connectivity index (χ2n) is 28.3. The largest absolute Gasteiger partial charge is 0.480 e. The second-order valence-corrected chi connectivity index (χ2v) is 28.3. The van der Waals surface area contributed by atoms with Crippen LogP contribution in [0, 0.1) is 47.3 Å². The molecule has 524 valence electrons. The Labute approximate surface area is 544 Å². The van der Waals surface area contributed by atoms with Crippen LogP contribution in [-0.4, -0.2) is 232 Å². The molecule has 0 aromatic heterocycles. The number of aliphatic hydroxyl groups is 2. The molecule has 0 radical (unpaired) electrons. The summed E-state index contributed by atoms with van der Waals surface area (Å²) in [6.07, 6.45) is 2.18. The van der Waals surface area contributed by atoms with Gasteiger partial charge in [0.05, 0.1) is 32.3 Å². The Morgan fingerprint density at radius 2 is 0.912 bits per heavy atom. The molecule has 0 fully saturated rings. The van der Waals surface area contributed by atoms with E-state index in [2.05, 4.69) is 31.9 Å². The molecular formula is C66H122N11O14+. The van der Waals surface area contributed by atoms with Gasteiger partial charge >= 0.3 is 11.9 Å². The van der Waals surface area contributed by atoms with Gasteiger partial charge < -0.3 is 66.8 Å². The second kappa shape index (κ2) is 39.5. The number of quaternary nitrogens is 1. The number of aliphatic carboxylic acids is 1. The summed E-state index contributed by atoms with van der Waals surface area (Å²) in [4.78, 5) is 160. The molecule has 0 spiro atoms. The number of allylic oxidation sites excluding steroid dienone is 2. The van der Waals surface area contributed by atoms with Gasteiger partial charge in [-0.25, -0.2) is 14.1 Å². The monoisotopic (exact) mass is 1290 g/mol. The number of aliphatic hydroxyl groups excluding tert-OH is 2. The first-order valence-electron chi connectivity index (χ1n) is 32.7. The predicted molar refractivity (Wildman–Crippen MR) is 352 cm³/mol. The van der Waals surface area contributed by atoms with E-state index < -0.39 is 155 Å². The molecule has 9 N–H and O–H groups in total. The Balaban J connectivity index is 6.78. The Hall–Kier alpha value is -6.05. The van der Waals surface area contributed by atoms with Gasteiger partial charge in [-0.2, -0.15) is 0 Å². The Bertz CT molecular complexity index is 2430. The molecule has 14 atom stereocenters. The van der Waals surface area contributed by atoms with Crippen LogP contribution in [0.1, 0.15) is 170 Å². The zero-order valence-corrected chi connectivity index (χ0v) is 59.9. The molecule has 10 amide bonds. The maximum atomic E-state index is 15.3. The molecule has 0 aromatic rings. The van der Waals surface area contributed by atoms with Crippen LogP contribution in [0.4, 0.5) is 0 Å². The van der Waals surface area contributed by atoms with Gasteiger partial charge in [-0.1, -0.05) is 116 Å². The van der Waals surface area contributed by atoms with E-state index in [1.807, 2.05) is 69.2 Å². The average molecular weight is 1290 g/mol. The zero-order valence-electron chi connectivity index (χ0n) is 59.9. The number of likely N-dealkylation sites (N-methyl/N-ethyl adjacent to an activating group) is 6. The van der Waals surface area contributed by atoms with Crippen LogP contribution < -0.4 is 31.9 Å². The standard InChI is InChI=1S/C66H121N11O14/c1-26-27-28-43(16)56(80)55(61(85)72-53(46(19)78)66(90)91)77(25,35-41(12)13)65(89)54(42(14)15)76(24)52(79)34-68-58(82)49(31-38(6)7)73(21)62(86)45(18)70-57(81)44(17)69-59(83)50(32-39(8)9)75(23)64(88)48(30-37(4)5)71-60(84)51(33-40(10)11)74(22)63(87)47(67-20)29-36(2)3/h26-27,36-51,53-56,67,78,80H,28-35H2,1-25H3,(H5-,68,69,70,71,72,81,82,83,84,85,90,91)/p+1/b27-26+/t43-,44+,45-,46-,47-,48+,49+,50+,51+,53+,54+,55+,56-,77?/m1/s1. The van der Waals surface area contributed by atoms with E-state index in [1.54, 1.807) is 67.8 Å². The van der Waals surface area contributed by atoms with Crippen molar-refractivity contribution in [3.63, 3.8) is 0 Å². The van der Waals surface area contributed by atoms with Crippen LogP contribution in [-0.2, 0) is 52.7 Å². The molecule has 0 aliphatic rings. The summed E-state index contributed by atoms with van der Waals surface area (Å²) in [5.74, 6) is -9.66. The minimum absolute atomic E-state index is 0.0156. The van der Waals surface area contributed by atoms with E-state index in [0.29, 0.717) is 19.3 Å². The maximum absolute atomic E-state index is 15.3. The summed E-state index contributed by atoms with van der Waals surface area (Å²) in [5.41, 5.74) is 0. The lowest BCUT2D eigenvalue weighted by atomic mass is 9.88. The lowest BCUT2D eigenvalue weighted by Gasteiger charge is -2.46. The van der Waals surface area contributed by atoms with Crippen LogP contribution in [0.3, 0.4) is 0 Å². The number of rotatable bonds is 40. The van der Waals surface area contributed by atoms with Crippen LogP contribution in [0.25, 0.3) is 0 Å². The van der Waals surface area contributed by atoms with Crippen molar-refractivity contribution in [2.24, 2.45) is 47.3 Å². The maximum Gasteiger partial charge on any atom is 0.337 e. The molecule has 0 saturated heterocycles. The quantitative estimate of drug-likeness (QED) is 0.0314. The lowest BCUT2D eigenvalue weighted by Crippen LogP contribution is -2.72. The molecular weight excluding hydrogens is 1170 g/mol. The number of carboxylic acid groups (broad SMARTS) is 1. The van der Waals surface area contributed by atoms with Gasteiger partial charge in [-0.05, 0) is 115 Å². The number of nitrogens with one attached hydrogen (secondary N) is 6.